The van der Waals surface area contributed by atoms with Gasteiger partial charge in [-0.1, -0.05) is 0 Å². The van der Waals surface area contributed by atoms with Crippen molar-refractivity contribution in [3.8, 4) is 0 Å². The Morgan fingerprint density at radius 2 is 2.39 bits per heavy atom. The van der Waals surface area contributed by atoms with Crippen molar-refractivity contribution in [1.82, 2.24) is 10.3 Å². The van der Waals surface area contributed by atoms with E-state index in [1.807, 2.05) is 6.07 Å². The molecule has 1 aromatic heterocycles. The van der Waals surface area contributed by atoms with Crippen molar-refractivity contribution >= 4 is 55.0 Å². The summed E-state index contributed by atoms with van der Waals surface area (Å²) in [6.45, 7) is 1.59. The zero-order chi connectivity index (χ0) is 13.0. The van der Waals surface area contributed by atoms with Gasteiger partial charge in [-0.3, -0.25) is 0 Å². The van der Waals surface area contributed by atoms with Crippen molar-refractivity contribution in [2.75, 3.05) is 18.5 Å². The fourth-order valence-corrected chi connectivity index (χ4v) is 2.94. The van der Waals surface area contributed by atoms with E-state index in [0.717, 1.165) is 34.9 Å². The zero-order valence-electron chi connectivity index (χ0n) is 9.58. The van der Waals surface area contributed by atoms with Crippen LogP contribution >= 0.6 is 44.1 Å². The topological polar surface area (TPSA) is 46.2 Å². The van der Waals surface area contributed by atoms with E-state index in [-0.39, 0.29) is 6.10 Å². The molecule has 1 aliphatic rings. The first-order valence-electron chi connectivity index (χ1n) is 5.62. The second-order valence-electron chi connectivity index (χ2n) is 3.95. The predicted molar refractivity (Wildman–Crippen MR) is 82.8 cm³/mol. The van der Waals surface area contributed by atoms with Crippen LogP contribution in [0.4, 0.5) is 5.82 Å². The summed E-state index contributed by atoms with van der Waals surface area (Å²) in [4.78, 5) is 4.23. The zero-order valence-corrected chi connectivity index (χ0v) is 13.6. The van der Waals surface area contributed by atoms with Gasteiger partial charge in [-0.25, -0.2) is 4.98 Å². The third-order valence-electron chi connectivity index (χ3n) is 2.55. The molecule has 18 heavy (non-hydrogen) atoms. The summed E-state index contributed by atoms with van der Waals surface area (Å²) < 4.78 is 7.29. The van der Waals surface area contributed by atoms with Crippen LogP contribution < -0.4 is 10.6 Å². The van der Waals surface area contributed by atoms with Gasteiger partial charge in [0.1, 0.15) is 5.82 Å². The minimum absolute atomic E-state index is 0.270. The molecule has 0 spiro atoms. The normalized spacial score (nSPS) is 18.7. The second-order valence-corrected chi connectivity index (χ2v) is 6.13. The fraction of sp³-hybridized carbons (Fsp3) is 0.455. The first-order valence-corrected chi connectivity index (χ1v) is 7.62. The van der Waals surface area contributed by atoms with Crippen molar-refractivity contribution in [2.24, 2.45) is 0 Å². The Balaban J connectivity index is 1.82. The number of nitrogens with zero attached hydrogens (tertiary/aromatic N) is 1. The van der Waals surface area contributed by atoms with Crippen LogP contribution in [0.1, 0.15) is 12.8 Å². The minimum Gasteiger partial charge on any atom is -0.376 e. The third kappa shape index (κ3) is 4.15. The fourth-order valence-electron chi connectivity index (χ4n) is 1.67. The van der Waals surface area contributed by atoms with Crippen molar-refractivity contribution in [1.29, 1.82) is 0 Å². The van der Waals surface area contributed by atoms with Gasteiger partial charge in [0, 0.05) is 23.8 Å². The van der Waals surface area contributed by atoms with Crippen LogP contribution in [-0.2, 0) is 4.74 Å². The van der Waals surface area contributed by atoms with E-state index in [2.05, 4.69) is 47.5 Å². The minimum atomic E-state index is 0.270. The molecule has 0 saturated carbocycles. The summed E-state index contributed by atoms with van der Waals surface area (Å²) in [5, 5.41) is 6.74. The Morgan fingerprint density at radius 1 is 1.56 bits per heavy atom. The number of halogens is 2. The number of ether oxygens (including phenoxy) is 1. The van der Waals surface area contributed by atoms with Gasteiger partial charge in [-0.05, 0) is 63.0 Å². The number of hydrogen-bond acceptors (Lipinski definition) is 3. The van der Waals surface area contributed by atoms with Gasteiger partial charge in [0.15, 0.2) is 5.11 Å². The lowest BCUT2D eigenvalue weighted by Crippen LogP contribution is -2.35. The highest BCUT2D eigenvalue weighted by atomic mass is 79.9. The average Bonchev–Trinajstić information content (AvgIpc) is 2.83. The highest BCUT2D eigenvalue weighted by molar-refractivity contribution is 9.11. The van der Waals surface area contributed by atoms with Gasteiger partial charge < -0.3 is 15.4 Å². The van der Waals surface area contributed by atoms with Crippen molar-refractivity contribution in [3.63, 3.8) is 0 Å². The molecule has 0 bridgehead atoms. The summed E-state index contributed by atoms with van der Waals surface area (Å²) in [6, 6.07) is 1.91. The van der Waals surface area contributed by atoms with Crippen LogP contribution in [0.15, 0.2) is 21.2 Å². The average molecular weight is 395 g/mol. The highest BCUT2D eigenvalue weighted by Gasteiger charge is 2.15. The summed E-state index contributed by atoms with van der Waals surface area (Å²) >= 11 is 12.0. The lowest BCUT2D eigenvalue weighted by Gasteiger charge is -2.14. The number of aromatic nitrogens is 1. The van der Waals surface area contributed by atoms with E-state index in [1.165, 1.54) is 0 Å². The third-order valence-corrected chi connectivity index (χ3v) is 3.84. The molecule has 0 radical (unpaired) electrons. The Morgan fingerprint density at radius 3 is 3.06 bits per heavy atom. The first kappa shape index (κ1) is 14.2. The van der Waals surface area contributed by atoms with E-state index >= 15 is 0 Å². The molecule has 0 aliphatic carbocycles. The molecule has 1 saturated heterocycles. The number of thiocarbonyl (C=S) groups is 1. The molecule has 2 heterocycles. The molecule has 1 aliphatic heterocycles. The Hall–Kier alpha value is -0.240. The molecule has 1 aromatic rings. The smallest absolute Gasteiger partial charge is 0.172 e. The molecule has 1 unspecified atom stereocenters. The lowest BCUT2D eigenvalue weighted by atomic mass is 10.2. The molecule has 98 valence electrons. The van der Waals surface area contributed by atoms with Gasteiger partial charge in [0.05, 0.1) is 10.6 Å². The van der Waals surface area contributed by atoms with Gasteiger partial charge in [0.2, 0.25) is 0 Å². The van der Waals surface area contributed by atoms with E-state index in [4.69, 9.17) is 17.0 Å². The summed E-state index contributed by atoms with van der Waals surface area (Å²) in [5.41, 5.74) is 0. The number of pyridine rings is 1. The van der Waals surface area contributed by atoms with E-state index in [0.29, 0.717) is 10.9 Å². The van der Waals surface area contributed by atoms with Gasteiger partial charge >= 0.3 is 0 Å². The molecular weight excluding hydrogens is 382 g/mol. The van der Waals surface area contributed by atoms with Crippen LogP contribution in [-0.4, -0.2) is 29.4 Å². The van der Waals surface area contributed by atoms with Crippen LogP contribution in [0.3, 0.4) is 0 Å². The van der Waals surface area contributed by atoms with E-state index in [1.54, 1.807) is 6.20 Å². The molecule has 7 heteroatoms. The monoisotopic (exact) mass is 393 g/mol. The van der Waals surface area contributed by atoms with Gasteiger partial charge in [-0.2, -0.15) is 0 Å². The Kier molecular flexibility index (Phi) is 5.35. The quantitative estimate of drug-likeness (QED) is 0.771. The molecule has 2 rings (SSSR count). The highest BCUT2D eigenvalue weighted by Crippen LogP contribution is 2.23. The van der Waals surface area contributed by atoms with Crippen molar-refractivity contribution in [3.05, 3.63) is 21.2 Å². The van der Waals surface area contributed by atoms with Gasteiger partial charge in [-0.15, -0.1) is 0 Å². The maximum absolute atomic E-state index is 5.51. The molecule has 2 N–H and O–H groups in total. The molecule has 0 aromatic carbocycles. The molecule has 1 atom stereocenters. The number of hydrogen-bond donors (Lipinski definition) is 2. The molecule has 1 fully saturated rings. The largest absolute Gasteiger partial charge is 0.376 e. The molecule has 4 nitrogen and oxygen atoms in total. The summed E-state index contributed by atoms with van der Waals surface area (Å²) in [5.74, 6) is 0.697. The Labute approximate surface area is 128 Å². The number of nitrogens with one attached hydrogen (secondary N) is 2. The number of rotatable bonds is 3. The SMILES string of the molecule is S=C(NCC1CCCO1)Nc1ncc(Br)cc1Br. The maximum atomic E-state index is 5.51. The summed E-state index contributed by atoms with van der Waals surface area (Å²) in [7, 11) is 0. The standard InChI is InChI=1S/C11H13Br2N3OS/c12-7-4-9(13)10(14-5-7)16-11(18)15-6-8-2-1-3-17-8/h4-5,8H,1-3,6H2,(H2,14,15,16,18). The van der Waals surface area contributed by atoms with Crippen LogP contribution in [0, 0.1) is 0 Å². The second kappa shape index (κ2) is 6.79. The maximum Gasteiger partial charge on any atom is 0.172 e. The van der Waals surface area contributed by atoms with Crippen LogP contribution in [0.25, 0.3) is 0 Å². The van der Waals surface area contributed by atoms with E-state index in [9.17, 15) is 0 Å². The van der Waals surface area contributed by atoms with Crippen molar-refractivity contribution in [2.45, 2.75) is 18.9 Å². The Bertz CT molecular complexity index is 438. The molecule has 0 amide bonds. The van der Waals surface area contributed by atoms with Gasteiger partial charge in [0.25, 0.3) is 0 Å². The van der Waals surface area contributed by atoms with Crippen LogP contribution in [0.5, 0.6) is 0 Å². The van der Waals surface area contributed by atoms with E-state index < -0.39 is 0 Å². The molecular formula is C11H13Br2N3OS. The van der Waals surface area contributed by atoms with Crippen LogP contribution in [0.2, 0.25) is 0 Å². The predicted octanol–water partition coefficient (Wildman–Crippen LogP) is 3.07. The summed E-state index contributed by atoms with van der Waals surface area (Å²) in [6.07, 6.45) is 4.21. The lowest BCUT2D eigenvalue weighted by molar-refractivity contribution is 0.114. The first-order chi connectivity index (χ1) is 8.65. The van der Waals surface area contributed by atoms with Crippen molar-refractivity contribution < 1.29 is 4.74 Å². The number of anilines is 1.